The summed E-state index contributed by atoms with van der Waals surface area (Å²) in [5.41, 5.74) is 2.54. The first-order valence-corrected chi connectivity index (χ1v) is 3.96. The molecule has 0 amide bonds. The molecule has 0 saturated heterocycles. The minimum atomic E-state index is -4.24. The van der Waals surface area contributed by atoms with Crippen molar-refractivity contribution in [2.24, 2.45) is 5.84 Å². The standard InChI is InChI=1S/C8H10F3N3/c9-8(10,11)4-7(14-12)6-2-1-3-13-5-6/h1-3,5,7,14H,4,12H2. The molecule has 1 rings (SSSR count). The van der Waals surface area contributed by atoms with Crippen molar-refractivity contribution < 1.29 is 13.2 Å². The fraction of sp³-hybridized carbons (Fsp3) is 0.375. The molecule has 0 aliphatic rings. The SMILES string of the molecule is NNC(CC(F)(F)F)c1cccnc1. The maximum atomic E-state index is 12.1. The van der Waals surface area contributed by atoms with Crippen LogP contribution in [0.15, 0.2) is 24.5 Å². The summed E-state index contributed by atoms with van der Waals surface area (Å²) in [6.07, 6.45) is -2.40. The average Bonchev–Trinajstić information content (AvgIpc) is 2.14. The molecule has 6 heteroatoms. The molecule has 0 bridgehead atoms. The van der Waals surface area contributed by atoms with E-state index in [0.29, 0.717) is 5.56 Å². The molecule has 78 valence electrons. The average molecular weight is 205 g/mol. The first-order valence-electron chi connectivity index (χ1n) is 3.96. The van der Waals surface area contributed by atoms with Gasteiger partial charge in [0.15, 0.2) is 0 Å². The lowest BCUT2D eigenvalue weighted by Crippen LogP contribution is -2.31. The van der Waals surface area contributed by atoms with Gasteiger partial charge in [0.2, 0.25) is 0 Å². The van der Waals surface area contributed by atoms with Crippen LogP contribution in [0.1, 0.15) is 18.0 Å². The van der Waals surface area contributed by atoms with Crippen LogP contribution in [0, 0.1) is 0 Å². The van der Waals surface area contributed by atoms with Crippen molar-refractivity contribution in [2.45, 2.75) is 18.6 Å². The smallest absolute Gasteiger partial charge is 0.271 e. The Bertz CT molecular complexity index is 273. The van der Waals surface area contributed by atoms with Crippen molar-refractivity contribution in [3.8, 4) is 0 Å². The second-order valence-electron chi connectivity index (χ2n) is 2.82. The zero-order valence-electron chi connectivity index (χ0n) is 7.25. The Morgan fingerprint density at radius 2 is 2.21 bits per heavy atom. The first kappa shape index (κ1) is 10.9. The molecule has 0 saturated carbocycles. The number of nitrogens with zero attached hydrogens (tertiary/aromatic N) is 1. The molecule has 1 heterocycles. The number of alkyl halides is 3. The molecule has 0 aromatic carbocycles. The van der Waals surface area contributed by atoms with Crippen molar-refractivity contribution in [1.29, 1.82) is 0 Å². The van der Waals surface area contributed by atoms with Gasteiger partial charge in [-0.05, 0) is 11.6 Å². The minimum Gasteiger partial charge on any atom is -0.271 e. The highest BCUT2D eigenvalue weighted by Crippen LogP contribution is 2.28. The lowest BCUT2D eigenvalue weighted by Gasteiger charge is -2.17. The van der Waals surface area contributed by atoms with Gasteiger partial charge < -0.3 is 0 Å². The summed E-state index contributed by atoms with van der Waals surface area (Å²) in [5, 5.41) is 0. The summed E-state index contributed by atoms with van der Waals surface area (Å²) in [5.74, 6) is 5.03. The lowest BCUT2D eigenvalue weighted by molar-refractivity contribution is -0.140. The fourth-order valence-electron chi connectivity index (χ4n) is 1.09. The Balaban J connectivity index is 2.73. The predicted octanol–water partition coefficient (Wildman–Crippen LogP) is 1.54. The topological polar surface area (TPSA) is 50.9 Å². The van der Waals surface area contributed by atoms with Crippen LogP contribution in [0.2, 0.25) is 0 Å². The second-order valence-corrected chi connectivity index (χ2v) is 2.82. The van der Waals surface area contributed by atoms with E-state index in [4.69, 9.17) is 5.84 Å². The number of hydrogen-bond acceptors (Lipinski definition) is 3. The van der Waals surface area contributed by atoms with Crippen molar-refractivity contribution in [1.82, 2.24) is 10.4 Å². The van der Waals surface area contributed by atoms with Crippen molar-refractivity contribution >= 4 is 0 Å². The van der Waals surface area contributed by atoms with Gasteiger partial charge in [0.05, 0.1) is 12.5 Å². The molecule has 1 aromatic rings. The van der Waals surface area contributed by atoms with Gasteiger partial charge in [-0.3, -0.25) is 16.3 Å². The summed E-state index contributed by atoms with van der Waals surface area (Å²) < 4.78 is 36.2. The quantitative estimate of drug-likeness (QED) is 0.581. The molecule has 1 unspecified atom stereocenters. The van der Waals surface area contributed by atoms with E-state index in [9.17, 15) is 13.2 Å². The molecule has 0 radical (unpaired) electrons. The van der Waals surface area contributed by atoms with Gasteiger partial charge >= 0.3 is 6.18 Å². The lowest BCUT2D eigenvalue weighted by atomic mass is 10.1. The van der Waals surface area contributed by atoms with E-state index in [1.165, 1.54) is 12.4 Å². The predicted molar refractivity (Wildman–Crippen MR) is 45.0 cm³/mol. The highest BCUT2D eigenvalue weighted by molar-refractivity contribution is 5.13. The van der Waals surface area contributed by atoms with E-state index < -0.39 is 18.6 Å². The van der Waals surface area contributed by atoms with Crippen LogP contribution < -0.4 is 11.3 Å². The highest BCUT2D eigenvalue weighted by atomic mass is 19.4. The molecular weight excluding hydrogens is 195 g/mol. The van der Waals surface area contributed by atoms with E-state index in [-0.39, 0.29) is 0 Å². The highest BCUT2D eigenvalue weighted by Gasteiger charge is 2.32. The Hall–Kier alpha value is -1.14. The van der Waals surface area contributed by atoms with E-state index in [1.807, 2.05) is 0 Å². The number of nitrogens with two attached hydrogens (primary N) is 1. The van der Waals surface area contributed by atoms with Crippen LogP contribution in [0.25, 0.3) is 0 Å². The minimum absolute atomic E-state index is 0.423. The second kappa shape index (κ2) is 4.39. The van der Waals surface area contributed by atoms with Crippen molar-refractivity contribution in [3.63, 3.8) is 0 Å². The zero-order valence-corrected chi connectivity index (χ0v) is 7.25. The molecule has 3 nitrogen and oxygen atoms in total. The third-order valence-corrected chi connectivity index (χ3v) is 1.72. The molecule has 14 heavy (non-hydrogen) atoms. The number of hydrazine groups is 1. The van der Waals surface area contributed by atoms with E-state index in [2.05, 4.69) is 10.4 Å². The molecule has 1 aromatic heterocycles. The summed E-state index contributed by atoms with van der Waals surface area (Å²) in [6, 6.07) is 2.17. The van der Waals surface area contributed by atoms with Crippen LogP contribution in [0.4, 0.5) is 13.2 Å². The molecule has 0 aliphatic heterocycles. The van der Waals surface area contributed by atoms with Gasteiger partial charge in [-0.25, -0.2) is 0 Å². The van der Waals surface area contributed by atoms with Crippen LogP contribution in [0.5, 0.6) is 0 Å². The van der Waals surface area contributed by atoms with Gasteiger partial charge in [-0.15, -0.1) is 0 Å². The van der Waals surface area contributed by atoms with Crippen molar-refractivity contribution in [2.75, 3.05) is 0 Å². The van der Waals surface area contributed by atoms with E-state index >= 15 is 0 Å². The largest absolute Gasteiger partial charge is 0.390 e. The molecule has 3 N–H and O–H groups in total. The molecular formula is C8H10F3N3. The fourth-order valence-corrected chi connectivity index (χ4v) is 1.09. The van der Waals surface area contributed by atoms with Crippen LogP contribution in [-0.2, 0) is 0 Å². The van der Waals surface area contributed by atoms with Crippen molar-refractivity contribution in [3.05, 3.63) is 30.1 Å². The van der Waals surface area contributed by atoms with Crippen LogP contribution in [-0.4, -0.2) is 11.2 Å². The number of nitrogens with one attached hydrogen (secondary N) is 1. The monoisotopic (exact) mass is 205 g/mol. The molecule has 0 aliphatic carbocycles. The maximum absolute atomic E-state index is 12.1. The maximum Gasteiger partial charge on any atom is 0.390 e. The Kier molecular flexibility index (Phi) is 3.43. The normalized spacial score (nSPS) is 14.0. The molecule has 0 fully saturated rings. The Morgan fingerprint density at radius 3 is 2.64 bits per heavy atom. The van der Waals surface area contributed by atoms with Crippen LogP contribution >= 0.6 is 0 Å². The number of rotatable bonds is 3. The summed E-state index contributed by atoms with van der Waals surface area (Å²) >= 11 is 0. The summed E-state index contributed by atoms with van der Waals surface area (Å²) in [7, 11) is 0. The van der Waals surface area contributed by atoms with Gasteiger partial charge in [0.1, 0.15) is 0 Å². The Morgan fingerprint density at radius 1 is 1.50 bits per heavy atom. The zero-order chi connectivity index (χ0) is 10.6. The van der Waals surface area contributed by atoms with Gasteiger partial charge in [-0.2, -0.15) is 13.2 Å². The summed E-state index contributed by atoms with van der Waals surface area (Å²) in [6.45, 7) is 0. The van der Waals surface area contributed by atoms with Gasteiger partial charge in [0, 0.05) is 12.4 Å². The third-order valence-electron chi connectivity index (χ3n) is 1.72. The van der Waals surface area contributed by atoms with Gasteiger partial charge in [-0.1, -0.05) is 6.07 Å². The summed E-state index contributed by atoms with van der Waals surface area (Å²) in [4.78, 5) is 3.72. The van der Waals surface area contributed by atoms with E-state index in [0.717, 1.165) is 0 Å². The number of hydrogen-bond donors (Lipinski definition) is 2. The first-order chi connectivity index (χ1) is 6.53. The molecule has 0 spiro atoms. The molecule has 1 atom stereocenters. The van der Waals surface area contributed by atoms with Crippen LogP contribution in [0.3, 0.4) is 0 Å². The number of pyridine rings is 1. The van der Waals surface area contributed by atoms with Gasteiger partial charge in [0.25, 0.3) is 0 Å². The number of halogens is 3. The number of aromatic nitrogens is 1. The Labute approximate surface area is 79.1 Å². The van der Waals surface area contributed by atoms with E-state index in [1.54, 1.807) is 12.1 Å². The third kappa shape index (κ3) is 3.31.